The lowest BCUT2D eigenvalue weighted by Gasteiger charge is -2.31. The van der Waals surface area contributed by atoms with Crippen molar-refractivity contribution in [3.05, 3.63) is 69.4 Å². The van der Waals surface area contributed by atoms with Gasteiger partial charge in [-0.3, -0.25) is 24.0 Å². The first-order chi connectivity index (χ1) is 23.5. The van der Waals surface area contributed by atoms with Crippen molar-refractivity contribution in [3.63, 3.8) is 0 Å². The zero-order valence-electron chi connectivity index (χ0n) is 27.1. The van der Waals surface area contributed by atoms with Crippen LogP contribution in [-0.2, 0) is 48.8 Å². The number of guanidine groups is 1. The molecule has 0 aliphatic carbocycles. The maximum atomic E-state index is 14.1. The van der Waals surface area contributed by atoms with Crippen molar-refractivity contribution >= 4 is 50.9 Å². The Morgan fingerprint density at radius 1 is 1.12 bits per heavy atom. The molecule has 49 heavy (non-hydrogen) atoms. The summed E-state index contributed by atoms with van der Waals surface area (Å²) in [6.07, 6.45) is 1.94. The van der Waals surface area contributed by atoms with E-state index in [4.69, 9.17) is 26.0 Å². The Morgan fingerprint density at radius 2 is 1.88 bits per heavy atom. The van der Waals surface area contributed by atoms with Crippen molar-refractivity contribution in [2.24, 2.45) is 22.5 Å². The zero-order valence-corrected chi connectivity index (χ0v) is 28.7. The Hall–Kier alpha value is -4.51. The van der Waals surface area contributed by atoms with Crippen LogP contribution in [0.5, 0.6) is 0 Å². The number of hydrogen-bond acceptors (Lipinski definition) is 10. The molecule has 0 saturated carbocycles. The number of unbranched alkanes of at least 4 members (excludes halogenated alkanes) is 1. The van der Waals surface area contributed by atoms with Crippen LogP contribution in [0.2, 0.25) is 0 Å². The van der Waals surface area contributed by atoms with Gasteiger partial charge in [-0.2, -0.15) is 0 Å². The minimum atomic E-state index is -4.23. The fraction of sp³-hybridized carbons (Fsp3) is 0.394. The third kappa shape index (κ3) is 8.75. The summed E-state index contributed by atoms with van der Waals surface area (Å²) in [6.45, 7) is 2.50. The van der Waals surface area contributed by atoms with E-state index in [1.54, 1.807) is 11.4 Å². The number of hydrogen-bond donors (Lipinski definition) is 4. The Bertz CT molecular complexity index is 1830. The van der Waals surface area contributed by atoms with Crippen LogP contribution < -0.4 is 16.2 Å². The molecule has 3 heterocycles. The highest BCUT2D eigenvalue weighted by molar-refractivity contribution is 7.92. The van der Waals surface area contributed by atoms with Crippen LogP contribution in [0.4, 0.5) is 5.69 Å². The number of amides is 1. The van der Waals surface area contributed by atoms with Crippen LogP contribution in [0.15, 0.2) is 57.8 Å². The number of carbonyl (C=O) groups is 3. The average molecular weight is 713 g/mol. The summed E-state index contributed by atoms with van der Waals surface area (Å²) in [5.74, 6) is -2.25. The average Bonchev–Trinajstić information content (AvgIpc) is 3.74. The molecule has 0 unspecified atom stereocenters. The summed E-state index contributed by atoms with van der Waals surface area (Å²) >= 11 is 1.02. The number of piperidine rings is 1. The van der Waals surface area contributed by atoms with Crippen molar-refractivity contribution in [1.29, 1.82) is 0 Å². The number of nitrogens with two attached hydrogens (primary N) is 2. The molecule has 1 aromatic heterocycles. The van der Waals surface area contributed by atoms with E-state index in [0.717, 1.165) is 46.1 Å². The predicted octanol–water partition coefficient (Wildman–Crippen LogP) is 3.52. The number of carboxylic acid groups (broad SMARTS) is 1. The Kier molecular flexibility index (Phi) is 11.5. The second kappa shape index (κ2) is 15.8. The quantitative estimate of drug-likeness (QED) is 0.0625. The van der Waals surface area contributed by atoms with Gasteiger partial charge in [0.15, 0.2) is 0 Å². The summed E-state index contributed by atoms with van der Waals surface area (Å²) in [7, 11) is -2.82. The van der Waals surface area contributed by atoms with Gasteiger partial charge in [-0.05, 0) is 84.6 Å². The molecule has 0 bridgehead atoms. The number of benzene rings is 2. The number of nitrogens with one attached hydrogen (secondary N) is 1. The van der Waals surface area contributed by atoms with E-state index in [0.29, 0.717) is 43.4 Å². The second-order valence-electron chi connectivity index (χ2n) is 11.9. The number of nitrogens with zero attached hydrogens (tertiary/aromatic N) is 3. The first-order valence-corrected chi connectivity index (χ1v) is 18.2. The summed E-state index contributed by atoms with van der Waals surface area (Å²) < 4.78 is 41.4. The second-order valence-corrected chi connectivity index (χ2v) is 14.5. The van der Waals surface area contributed by atoms with Crippen LogP contribution in [0.1, 0.15) is 58.5 Å². The van der Waals surface area contributed by atoms with Gasteiger partial charge in [0, 0.05) is 25.1 Å². The number of aliphatic carboxylic acids is 1. The first kappa shape index (κ1) is 35.8. The van der Waals surface area contributed by atoms with Gasteiger partial charge in [-0.25, -0.2) is 13.4 Å². The third-order valence-electron chi connectivity index (χ3n) is 8.52. The molecule has 5 rings (SSSR count). The number of carboxylic acids is 1. The molecule has 16 heteroatoms. The van der Waals surface area contributed by atoms with Crippen molar-refractivity contribution < 1.29 is 37.4 Å². The number of esters is 1. The summed E-state index contributed by atoms with van der Waals surface area (Å²) in [5, 5.41) is 15.4. The first-order valence-electron chi connectivity index (χ1n) is 15.8. The van der Waals surface area contributed by atoms with Gasteiger partial charge in [0.1, 0.15) is 4.88 Å². The molecule has 2 aromatic carbocycles. The number of likely N-dealkylation sites (tertiary alicyclic amines) is 1. The zero-order chi connectivity index (χ0) is 35.1. The minimum absolute atomic E-state index is 0.0314. The smallest absolute Gasteiger partial charge is 0.308 e. The fourth-order valence-corrected chi connectivity index (χ4v) is 8.30. The van der Waals surface area contributed by atoms with Gasteiger partial charge in [-0.15, -0.1) is 16.4 Å². The van der Waals surface area contributed by atoms with Crippen molar-refractivity contribution in [1.82, 2.24) is 9.91 Å². The SMILES string of the molecule is COC(=O)C1CCN(Cc2ccccc2-c2cc3c(c(S(=O)(=O)Nc4ccsc4C(=O)N(CCCCC(=O)O)N=C(N)N)c2)COC3)CC1. The molecule has 14 nitrogen and oxygen atoms in total. The van der Waals surface area contributed by atoms with Crippen LogP contribution in [0.25, 0.3) is 11.1 Å². The number of thiophene rings is 1. The number of hydrazone groups is 1. The molecule has 262 valence electrons. The largest absolute Gasteiger partial charge is 0.481 e. The normalized spacial score (nSPS) is 15.0. The Morgan fingerprint density at radius 3 is 2.59 bits per heavy atom. The van der Waals surface area contributed by atoms with E-state index in [9.17, 15) is 22.8 Å². The monoisotopic (exact) mass is 712 g/mol. The lowest BCUT2D eigenvalue weighted by atomic mass is 9.94. The van der Waals surface area contributed by atoms with Crippen molar-refractivity contribution in [2.75, 3.05) is 31.5 Å². The van der Waals surface area contributed by atoms with Gasteiger partial charge < -0.3 is 26.0 Å². The molecule has 0 atom stereocenters. The molecule has 0 radical (unpaired) electrons. The number of sulfonamides is 1. The van der Waals surface area contributed by atoms with Gasteiger partial charge >= 0.3 is 11.9 Å². The van der Waals surface area contributed by atoms with Crippen molar-refractivity contribution in [2.45, 2.75) is 56.8 Å². The number of rotatable bonds is 14. The number of carbonyl (C=O) groups excluding carboxylic acids is 2. The molecule has 0 spiro atoms. The maximum absolute atomic E-state index is 14.1. The van der Waals surface area contributed by atoms with E-state index in [-0.39, 0.29) is 59.5 Å². The van der Waals surface area contributed by atoms with Gasteiger partial charge in [0.05, 0.1) is 36.8 Å². The number of methoxy groups -OCH3 is 1. The highest BCUT2D eigenvalue weighted by atomic mass is 32.2. The number of ether oxygens (including phenoxy) is 2. The van der Waals surface area contributed by atoms with E-state index >= 15 is 0 Å². The van der Waals surface area contributed by atoms with Crippen molar-refractivity contribution in [3.8, 4) is 11.1 Å². The highest BCUT2D eigenvalue weighted by Crippen LogP contribution is 2.36. The Balaban J connectivity index is 1.40. The molecular formula is C33H40N6O8S2. The van der Waals surface area contributed by atoms with Gasteiger partial charge in [0.25, 0.3) is 15.9 Å². The maximum Gasteiger partial charge on any atom is 0.308 e. The summed E-state index contributed by atoms with van der Waals surface area (Å²) in [6, 6.07) is 12.9. The number of anilines is 1. The standard InChI is InChI=1S/C33H40N6O8S2/c1-46-32(43)21-9-13-38(14-10-21)18-22-6-2-3-7-25(22)23-16-24-19-47-20-26(24)28(17-23)49(44,45)37-27-11-15-48-30(27)31(42)39(36-33(34)35)12-5-4-8-29(40)41/h2-3,6-7,11,15-17,21,37H,4-5,8-10,12-14,18-20H2,1H3,(H,40,41)(H4,34,35,36). The number of fused-ring (bicyclic) bond motifs is 1. The van der Waals surface area contributed by atoms with Crippen LogP contribution in [-0.4, -0.2) is 74.0 Å². The van der Waals surface area contributed by atoms with E-state index in [2.05, 4.69) is 14.7 Å². The molecule has 2 aliphatic heterocycles. The van der Waals surface area contributed by atoms with E-state index in [1.807, 2.05) is 30.3 Å². The van der Waals surface area contributed by atoms with E-state index < -0.39 is 21.9 Å². The molecule has 1 fully saturated rings. The minimum Gasteiger partial charge on any atom is -0.481 e. The lowest BCUT2D eigenvalue weighted by Crippen LogP contribution is -2.36. The topological polar surface area (TPSA) is 207 Å². The molecule has 6 N–H and O–H groups in total. The van der Waals surface area contributed by atoms with Crippen LogP contribution >= 0.6 is 11.3 Å². The van der Waals surface area contributed by atoms with Crippen LogP contribution in [0, 0.1) is 5.92 Å². The molecule has 3 aromatic rings. The van der Waals surface area contributed by atoms with Gasteiger partial charge in [0.2, 0.25) is 5.96 Å². The summed E-state index contributed by atoms with van der Waals surface area (Å²) in [5.41, 5.74) is 15.1. The highest BCUT2D eigenvalue weighted by Gasteiger charge is 2.30. The predicted molar refractivity (Wildman–Crippen MR) is 184 cm³/mol. The van der Waals surface area contributed by atoms with E-state index in [1.165, 1.54) is 13.2 Å². The van der Waals surface area contributed by atoms with Gasteiger partial charge in [-0.1, -0.05) is 24.3 Å². The lowest BCUT2D eigenvalue weighted by molar-refractivity contribution is -0.147. The third-order valence-corrected chi connectivity index (χ3v) is 10.9. The molecule has 1 saturated heterocycles. The summed E-state index contributed by atoms with van der Waals surface area (Å²) in [4.78, 5) is 38.8. The molecule has 2 aliphatic rings. The van der Waals surface area contributed by atoms with Crippen LogP contribution in [0.3, 0.4) is 0 Å². The molecule has 1 amide bonds. The molecular weight excluding hydrogens is 673 g/mol. The Labute approximate surface area is 288 Å². The fourth-order valence-electron chi connectivity index (χ4n) is 6.07.